The minimum absolute atomic E-state index is 0.184. The van der Waals surface area contributed by atoms with Gasteiger partial charge < -0.3 is 16.2 Å². The number of ether oxygens (including phenoxy) is 1. The Bertz CT molecular complexity index is 544. The van der Waals surface area contributed by atoms with Crippen molar-refractivity contribution in [2.24, 2.45) is 5.73 Å². The predicted octanol–water partition coefficient (Wildman–Crippen LogP) is 2.89. The van der Waals surface area contributed by atoms with Crippen molar-refractivity contribution in [3.8, 4) is 5.75 Å². The van der Waals surface area contributed by atoms with E-state index in [0.717, 1.165) is 12.1 Å². The second-order valence-corrected chi connectivity index (χ2v) is 4.23. The summed E-state index contributed by atoms with van der Waals surface area (Å²) in [5, 5.41) is -0.706. The summed E-state index contributed by atoms with van der Waals surface area (Å²) in [4.78, 5) is 11.1. The maximum atomic E-state index is 12.4. The van der Waals surface area contributed by atoms with Crippen molar-refractivity contribution in [3.63, 3.8) is 0 Å². The Morgan fingerprint density at radius 1 is 1.14 bits per heavy atom. The van der Waals surface area contributed by atoms with Gasteiger partial charge in [-0.05, 0) is 12.1 Å². The van der Waals surface area contributed by atoms with Gasteiger partial charge in [0.15, 0.2) is 5.75 Å². The minimum atomic E-state index is -5.77. The smallest absolute Gasteiger partial charge is 0.434 e. The van der Waals surface area contributed by atoms with Crippen LogP contribution in [0.15, 0.2) is 12.1 Å². The number of amides is 1. The van der Waals surface area contributed by atoms with Crippen LogP contribution in [0.5, 0.6) is 5.75 Å². The third-order valence-corrected chi connectivity index (χ3v) is 2.44. The topological polar surface area (TPSA) is 78.3 Å². The Balaban J connectivity index is 3.37. The summed E-state index contributed by atoms with van der Waals surface area (Å²) in [5.41, 5.74) is 9.15. The van der Waals surface area contributed by atoms with E-state index in [-0.39, 0.29) is 5.69 Å². The van der Waals surface area contributed by atoms with Gasteiger partial charge in [0.2, 0.25) is 0 Å². The summed E-state index contributed by atoms with van der Waals surface area (Å²) in [6.07, 6.45) is -15.7. The quantitative estimate of drug-likeness (QED) is 0.658. The second kappa shape index (κ2) is 5.51. The fourth-order valence-corrected chi connectivity index (χ4v) is 1.63. The van der Waals surface area contributed by atoms with E-state index < -0.39 is 40.7 Å². The van der Waals surface area contributed by atoms with Crippen LogP contribution in [0.2, 0.25) is 5.02 Å². The lowest BCUT2D eigenvalue weighted by Crippen LogP contribution is -2.46. The molecule has 0 saturated heterocycles. The number of hydrogen-bond donors (Lipinski definition) is 2. The summed E-state index contributed by atoms with van der Waals surface area (Å²) < 4.78 is 78.4. The highest BCUT2D eigenvalue weighted by Crippen LogP contribution is 2.40. The molecule has 118 valence electrons. The van der Waals surface area contributed by atoms with Crippen LogP contribution in [0.3, 0.4) is 0 Å². The maximum absolute atomic E-state index is 12.4. The summed E-state index contributed by atoms with van der Waals surface area (Å²) in [6, 6.07) is 1.58. The molecule has 0 aliphatic carbocycles. The molecule has 0 aromatic heterocycles. The molecule has 0 atom stereocenters. The molecule has 11 heteroatoms. The molecule has 1 rings (SSSR count). The van der Waals surface area contributed by atoms with Crippen molar-refractivity contribution in [3.05, 3.63) is 22.7 Å². The van der Waals surface area contributed by atoms with Gasteiger partial charge in [0, 0.05) is 5.69 Å². The number of nitrogen functional groups attached to an aromatic ring is 1. The number of rotatable bonds is 3. The second-order valence-electron chi connectivity index (χ2n) is 3.82. The standard InChI is InChI=1S/C10H7ClF6N2O2/c11-5-2-3(18)1-4(7(19)20)6(5)21-8(9(12,13)14)10(15,16)17/h1-2,8H,18H2,(H2,19,20). The van der Waals surface area contributed by atoms with Gasteiger partial charge in [0.1, 0.15) is 0 Å². The van der Waals surface area contributed by atoms with Crippen molar-refractivity contribution >= 4 is 23.2 Å². The molecule has 0 spiro atoms. The highest BCUT2D eigenvalue weighted by Gasteiger charge is 2.59. The molecule has 1 amide bonds. The first-order chi connectivity index (χ1) is 9.34. The molecule has 0 aliphatic heterocycles. The molecule has 0 radical (unpaired) electrons. The van der Waals surface area contributed by atoms with E-state index in [1.54, 1.807) is 0 Å². The molecule has 0 fully saturated rings. The van der Waals surface area contributed by atoms with E-state index in [9.17, 15) is 31.1 Å². The number of carbonyl (C=O) groups is 1. The van der Waals surface area contributed by atoms with Gasteiger partial charge in [-0.3, -0.25) is 4.79 Å². The first kappa shape index (κ1) is 17.2. The SMILES string of the molecule is NC(=O)c1cc(N)cc(Cl)c1OC(C(F)(F)F)C(F)(F)F. The van der Waals surface area contributed by atoms with Crippen LogP contribution in [-0.2, 0) is 0 Å². The zero-order valence-corrected chi connectivity index (χ0v) is 10.6. The zero-order valence-electron chi connectivity index (χ0n) is 9.85. The Kier molecular flexibility index (Phi) is 4.51. The van der Waals surface area contributed by atoms with Gasteiger partial charge in [-0.15, -0.1) is 0 Å². The van der Waals surface area contributed by atoms with Crippen LogP contribution < -0.4 is 16.2 Å². The summed E-state index contributed by atoms with van der Waals surface area (Å²) in [7, 11) is 0. The Morgan fingerprint density at radius 3 is 2.00 bits per heavy atom. The number of nitrogens with two attached hydrogens (primary N) is 2. The third kappa shape index (κ3) is 4.06. The molecular weight excluding hydrogens is 330 g/mol. The fourth-order valence-electron chi connectivity index (χ4n) is 1.35. The molecule has 0 saturated carbocycles. The largest absolute Gasteiger partial charge is 0.469 e. The average Bonchev–Trinajstić information content (AvgIpc) is 2.22. The highest BCUT2D eigenvalue weighted by atomic mass is 35.5. The van der Waals surface area contributed by atoms with Crippen LogP contribution >= 0.6 is 11.6 Å². The Morgan fingerprint density at radius 2 is 1.62 bits per heavy atom. The lowest BCUT2D eigenvalue weighted by Gasteiger charge is -2.25. The van der Waals surface area contributed by atoms with E-state index in [1.807, 2.05) is 0 Å². The molecule has 0 bridgehead atoms. The van der Waals surface area contributed by atoms with Crippen LogP contribution in [0.4, 0.5) is 32.0 Å². The van der Waals surface area contributed by atoms with Crippen molar-refractivity contribution in [1.29, 1.82) is 0 Å². The number of benzene rings is 1. The molecule has 0 heterocycles. The van der Waals surface area contributed by atoms with Crippen LogP contribution in [0.25, 0.3) is 0 Å². The molecule has 1 aromatic rings. The van der Waals surface area contributed by atoms with Gasteiger partial charge in [-0.2, -0.15) is 26.3 Å². The molecule has 1 aromatic carbocycles. The monoisotopic (exact) mass is 336 g/mol. The van der Waals surface area contributed by atoms with Gasteiger partial charge in [-0.25, -0.2) is 0 Å². The zero-order chi connectivity index (χ0) is 16.6. The molecule has 0 unspecified atom stereocenters. The van der Waals surface area contributed by atoms with Gasteiger partial charge in [0.25, 0.3) is 12.0 Å². The van der Waals surface area contributed by atoms with Gasteiger partial charge in [-0.1, -0.05) is 11.6 Å². The van der Waals surface area contributed by atoms with E-state index in [1.165, 1.54) is 0 Å². The molecular formula is C10H7ClF6N2O2. The number of hydrogen-bond acceptors (Lipinski definition) is 3. The lowest BCUT2D eigenvalue weighted by atomic mass is 10.1. The molecule has 4 nitrogen and oxygen atoms in total. The van der Waals surface area contributed by atoms with Crippen LogP contribution in [0.1, 0.15) is 10.4 Å². The normalized spacial score (nSPS) is 12.6. The van der Waals surface area contributed by atoms with Crippen LogP contribution in [-0.4, -0.2) is 24.4 Å². The maximum Gasteiger partial charge on any atom is 0.434 e. The average molecular weight is 337 g/mol. The number of anilines is 1. The van der Waals surface area contributed by atoms with E-state index in [2.05, 4.69) is 4.74 Å². The molecule has 4 N–H and O–H groups in total. The van der Waals surface area contributed by atoms with Crippen molar-refractivity contribution in [1.82, 2.24) is 0 Å². The van der Waals surface area contributed by atoms with E-state index in [4.69, 9.17) is 23.1 Å². The van der Waals surface area contributed by atoms with Crippen LogP contribution in [0, 0.1) is 0 Å². The summed E-state index contributed by atoms with van der Waals surface area (Å²) in [6.45, 7) is 0. The van der Waals surface area contributed by atoms with Gasteiger partial charge in [0.05, 0.1) is 10.6 Å². The highest BCUT2D eigenvalue weighted by molar-refractivity contribution is 6.33. The predicted molar refractivity (Wildman–Crippen MR) is 60.9 cm³/mol. The lowest BCUT2D eigenvalue weighted by molar-refractivity contribution is -0.299. The van der Waals surface area contributed by atoms with Crippen molar-refractivity contribution in [2.45, 2.75) is 18.5 Å². The number of primary amides is 1. The minimum Gasteiger partial charge on any atom is -0.469 e. The summed E-state index contributed by atoms with van der Waals surface area (Å²) >= 11 is 5.48. The molecule has 21 heavy (non-hydrogen) atoms. The number of halogens is 7. The van der Waals surface area contributed by atoms with Crippen molar-refractivity contribution < 1.29 is 35.9 Å². The fraction of sp³-hybridized carbons (Fsp3) is 0.300. The van der Waals surface area contributed by atoms with Gasteiger partial charge >= 0.3 is 12.4 Å². The summed E-state index contributed by atoms with van der Waals surface area (Å²) in [5.74, 6) is -2.49. The molecule has 0 aliphatic rings. The Labute approximate surface area is 118 Å². The van der Waals surface area contributed by atoms with E-state index >= 15 is 0 Å². The van der Waals surface area contributed by atoms with Crippen molar-refractivity contribution in [2.75, 3.05) is 5.73 Å². The number of alkyl halides is 6. The Hall–Kier alpha value is -1.84. The first-order valence-electron chi connectivity index (χ1n) is 5.03. The van der Waals surface area contributed by atoms with E-state index in [0.29, 0.717) is 0 Å². The number of carbonyl (C=O) groups excluding carboxylic acids is 1. The third-order valence-electron chi connectivity index (χ3n) is 2.16. The first-order valence-corrected chi connectivity index (χ1v) is 5.40.